The van der Waals surface area contributed by atoms with Crippen molar-refractivity contribution in [3.63, 3.8) is 0 Å². The number of nitrogens with zero attached hydrogens (tertiary/aromatic N) is 2. The zero-order valence-electron chi connectivity index (χ0n) is 11.1. The zero-order valence-corrected chi connectivity index (χ0v) is 11.1. The van der Waals surface area contributed by atoms with E-state index in [1.165, 1.54) is 5.56 Å². The van der Waals surface area contributed by atoms with Crippen LogP contribution in [0.1, 0.15) is 18.4 Å². The molecular formula is C14H17N3O2. The topological polar surface area (TPSA) is 74.2 Å². The molecule has 2 unspecified atom stereocenters. The van der Waals surface area contributed by atoms with Crippen LogP contribution >= 0.6 is 0 Å². The first-order chi connectivity index (χ1) is 9.09. The fourth-order valence-corrected chi connectivity index (χ4v) is 2.18. The second-order valence-corrected chi connectivity index (χ2v) is 5.33. The van der Waals surface area contributed by atoms with E-state index in [0.717, 1.165) is 5.56 Å². The number of aryl methyl sites for hydroxylation is 1. The molecule has 3 rings (SSSR count). The van der Waals surface area contributed by atoms with Crippen LogP contribution in [0.15, 0.2) is 28.8 Å². The summed E-state index contributed by atoms with van der Waals surface area (Å²) >= 11 is 0. The van der Waals surface area contributed by atoms with E-state index in [9.17, 15) is 0 Å². The average Bonchev–Trinajstić information content (AvgIpc) is 3.00. The Morgan fingerprint density at radius 1 is 1.32 bits per heavy atom. The molecule has 1 aromatic heterocycles. The van der Waals surface area contributed by atoms with Crippen molar-refractivity contribution in [1.29, 1.82) is 0 Å². The van der Waals surface area contributed by atoms with Gasteiger partial charge in [0.1, 0.15) is 0 Å². The highest BCUT2D eigenvalue weighted by Gasteiger charge is 2.44. The third kappa shape index (κ3) is 2.05. The van der Waals surface area contributed by atoms with Crippen LogP contribution < -0.4 is 5.73 Å². The summed E-state index contributed by atoms with van der Waals surface area (Å²) in [7, 11) is 0. The predicted molar refractivity (Wildman–Crippen MR) is 70.6 cm³/mol. The molecule has 0 bridgehead atoms. The molecule has 0 aliphatic carbocycles. The highest BCUT2D eigenvalue weighted by atomic mass is 16.5. The van der Waals surface area contributed by atoms with E-state index in [0.29, 0.717) is 24.9 Å². The van der Waals surface area contributed by atoms with Crippen LogP contribution in [0.4, 0.5) is 0 Å². The molecular weight excluding hydrogens is 242 g/mol. The molecule has 1 aromatic carbocycles. The van der Waals surface area contributed by atoms with E-state index >= 15 is 0 Å². The Bertz CT molecular complexity index is 579. The van der Waals surface area contributed by atoms with Crippen molar-refractivity contribution in [2.75, 3.05) is 13.2 Å². The Hall–Kier alpha value is -1.72. The quantitative estimate of drug-likeness (QED) is 0.887. The highest BCUT2D eigenvalue weighted by molar-refractivity contribution is 5.54. The number of nitrogens with two attached hydrogens (primary N) is 1. The Balaban J connectivity index is 1.93. The Morgan fingerprint density at radius 3 is 2.68 bits per heavy atom. The molecule has 1 saturated heterocycles. The number of rotatable bonds is 2. The molecule has 100 valence electrons. The lowest BCUT2D eigenvalue weighted by Crippen LogP contribution is -2.42. The van der Waals surface area contributed by atoms with Gasteiger partial charge < -0.3 is 15.0 Å². The number of ether oxygens (including phenoxy) is 1. The molecule has 0 amide bonds. The SMILES string of the molecule is Cc1ccc(-c2noc(C3(C)COCC3N)n2)cc1. The summed E-state index contributed by atoms with van der Waals surface area (Å²) in [5.74, 6) is 1.14. The van der Waals surface area contributed by atoms with Gasteiger partial charge in [0, 0.05) is 11.6 Å². The Labute approximate surface area is 111 Å². The zero-order chi connectivity index (χ0) is 13.5. The van der Waals surface area contributed by atoms with Crippen LogP contribution in [0.2, 0.25) is 0 Å². The van der Waals surface area contributed by atoms with E-state index in [2.05, 4.69) is 10.1 Å². The average molecular weight is 259 g/mol. The number of aromatic nitrogens is 2. The van der Waals surface area contributed by atoms with Crippen LogP contribution in [0, 0.1) is 6.92 Å². The van der Waals surface area contributed by atoms with Gasteiger partial charge in [-0.15, -0.1) is 0 Å². The predicted octanol–water partition coefficient (Wildman–Crippen LogP) is 1.66. The van der Waals surface area contributed by atoms with Gasteiger partial charge >= 0.3 is 0 Å². The van der Waals surface area contributed by atoms with Gasteiger partial charge in [0.2, 0.25) is 11.7 Å². The van der Waals surface area contributed by atoms with Crippen molar-refractivity contribution in [3.8, 4) is 11.4 Å². The van der Waals surface area contributed by atoms with Gasteiger partial charge in [-0.3, -0.25) is 0 Å². The molecule has 2 atom stereocenters. The lowest BCUT2D eigenvalue weighted by atomic mass is 9.86. The molecule has 0 spiro atoms. The maximum Gasteiger partial charge on any atom is 0.236 e. The smallest absolute Gasteiger partial charge is 0.236 e. The maximum atomic E-state index is 6.06. The molecule has 0 saturated carbocycles. The first kappa shape index (κ1) is 12.3. The van der Waals surface area contributed by atoms with Gasteiger partial charge in [0.05, 0.1) is 18.6 Å². The van der Waals surface area contributed by atoms with E-state index < -0.39 is 5.41 Å². The summed E-state index contributed by atoms with van der Waals surface area (Å²) in [6.45, 7) is 5.08. The standard InChI is InChI=1S/C14H17N3O2/c1-9-3-5-10(6-4-9)12-16-13(19-17-12)14(2)8-18-7-11(14)15/h3-6,11H,7-8,15H2,1-2H3. The summed E-state index contributed by atoms with van der Waals surface area (Å²) in [5, 5.41) is 4.04. The lowest BCUT2D eigenvalue weighted by Gasteiger charge is -2.21. The summed E-state index contributed by atoms with van der Waals surface area (Å²) in [4.78, 5) is 4.48. The number of benzene rings is 1. The maximum absolute atomic E-state index is 6.06. The molecule has 0 radical (unpaired) electrons. The van der Waals surface area contributed by atoms with Crippen LogP contribution in [0.5, 0.6) is 0 Å². The number of hydrogen-bond acceptors (Lipinski definition) is 5. The van der Waals surface area contributed by atoms with Crippen LogP contribution in [0.3, 0.4) is 0 Å². The van der Waals surface area contributed by atoms with Crippen LogP contribution in [-0.4, -0.2) is 29.4 Å². The molecule has 2 aromatic rings. The third-order valence-corrected chi connectivity index (χ3v) is 3.74. The summed E-state index contributed by atoms with van der Waals surface area (Å²) in [6.07, 6.45) is 0. The van der Waals surface area contributed by atoms with Gasteiger partial charge in [-0.2, -0.15) is 4.98 Å². The van der Waals surface area contributed by atoms with E-state index in [-0.39, 0.29) is 6.04 Å². The Morgan fingerprint density at radius 2 is 2.05 bits per heavy atom. The molecule has 5 heteroatoms. The van der Waals surface area contributed by atoms with Crippen LogP contribution in [-0.2, 0) is 10.2 Å². The third-order valence-electron chi connectivity index (χ3n) is 3.74. The van der Waals surface area contributed by atoms with E-state index in [1.807, 2.05) is 38.1 Å². The number of hydrogen-bond donors (Lipinski definition) is 1. The highest BCUT2D eigenvalue weighted by Crippen LogP contribution is 2.31. The lowest BCUT2D eigenvalue weighted by molar-refractivity contribution is 0.169. The van der Waals surface area contributed by atoms with Crippen molar-refractivity contribution in [3.05, 3.63) is 35.7 Å². The fourth-order valence-electron chi connectivity index (χ4n) is 2.18. The van der Waals surface area contributed by atoms with Gasteiger partial charge in [0.15, 0.2) is 0 Å². The summed E-state index contributed by atoms with van der Waals surface area (Å²) in [6, 6.07) is 7.91. The van der Waals surface area contributed by atoms with Crippen molar-refractivity contribution in [1.82, 2.24) is 10.1 Å². The minimum Gasteiger partial charge on any atom is -0.379 e. The van der Waals surface area contributed by atoms with Gasteiger partial charge in [-0.05, 0) is 13.8 Å². The normalized spacial score (nSPS) is 26.8. The van der Waals surface area contributed by atoms with Crippen molar-refractivity contribution in [2.24, 2.45) is 5.73 Å². The summed E-state index contributed by atoms with van der Waals surface area (Å²) < 4.78 is 10.8. The van der Waals surface area contributed by atoms with E-state index in [4.69, 9.17) is 15.0 Å². The van der Waals surface area contributed by atoms with Crippen molar-refractivity contribution in [2.45, 2.75) is 25.3 Å². The van der Waals surface area contributed by atoms with E-state index in [1.54, 1.807) is 0 Å². The molecule has 5 nitrogen and oxygen atoms in total. The first-order valence-corrected chi connectivity index (χ1v) is 6.34. The van der Waals surface area contributed by atoms with Gasteiger partial charge in [-0.1, -0.05) is 35.0 Å². The Kier molecular flexibility index (Phi) is 2.88. The first-order valence-electron chi connectivity index (χ1n) is 6.34. The molecule has 1 fully saturated rings. The molecule has 1 aliphatic heterocycles. The molecule has 19 heavy (non-hydrogen) atoms. The minimum atomic E-state index is -0.393. The van der Waals surface area contributed by atoms with Crippen LogP contribution in [0.25, 0.3) is 11.4 Å². The minimum absolute atomic E-state index is 0.112. The fraction of sp³-hybridized carbons (Fsp3) is 0.429. The molecule has 1 aliphatic rings. The largest absolute Gasteiger partial charge is 0.379 e. The summed E-state index contributed by atoms with van der Waals surface area (Å²) in [5.41, 5.74) is 7.81. The van der Waals surface area contributed by atoms with Gasteiger partial charge in [-0.25, -0.2) is 0 Å². The second-order valence-electron chi connectivity index (χ2n) is 5.33. The van der Waals surface area contributed by atoms with Crippen molar-refractivity contribution >= 4 is 0 Å². The van der Waals surface area contributed by atoms with Crippen molar-refractivity contribution < 1.29 is 9.26 Å². The van der Waals surface area contributed by atoms with Gasteiger partial charge in [0.25, 0.3) is 0 Å². The monoisotopic (exact) mass is 259 g/mol. The second kappa shape index (κ2) is 4.43. The molecule has 2 heterocycles. The molecule has 2 N–H and O–H groups in total.